The quantitative estimate of drug-likeness (QED) is 0.182. The Labute approximate surface area is 184 Å². The number of carbonyl (C=O) groups excluding carboxylic acids is 2. The smallest absolute Gasteiger partial charge is 0.280 e. The van der Waals surface area contributed by atoms with Crippen LogP contribution in [0.4, 0.5) is 17.3 Å². The van der Waals surface area contributed by atoms with Crippen molar-refractivity contribution >= 4 is 46.7 Å². The van der Waals surface area contributed by atoms with Gasteiger partial charge in [0, 0.05) is 25.2 Å². The van der Waals surface area contributed by atoms with Crippen LogP contribution in [0.2, 0.25) is 5.15 Å². The van der Waals surface area contributed by atoms with E-state index < -0.39 is 5.91 Å². The van der Waals surface area contributed by atoms with Gasteiger partial charge in [0.15, 0.2) is 28.4 Å². The Morgan fingerprint density at radius 1 is 1.06 bits per heavy atom. The molecule has 0 saturated carbocycles. The fourth-order valence-electron chi connectivity index (χ4n) is 2.57. The van der Waals surface area contributed by atoms with E-state index in [0.717, 1.165) is 30.5 Å². The Morgan fingerprint density at radius 3 is 2.45 bits per heavy atom. The zero-order valence-electron chi connectivity index (χ0n) is 16.9. The summed E-state index contributed by atoms with van der Waals surface area (Å²) in [5, 5.41) is 5.04. The van der Waals surface area contributed by atoms with Gasteiger partial charge < -0.3 is 28.3 Å². The number of nitrogens with zero attached hydrogens (tertiary/aromatic N) is 3. The number of halogens is 1. The highest BCUT2D eigenvalue weighted by atomic mass is 35.5. The van der Waals surface area contributed by atoms with E-state index in [0.29, 0.717) is 19.5 Å². The molecule has 0 spiro atoms. The number of rotatable bonds is 9. The number of aliphatic imine (C=N–C) groups is 1. The predicted molar refractivity (Wildman–Crippen MR) is 122 cm³/mol. The van der Waals surface area contributed by atoms with Crippen molar-refractivity contribution in [2.75, 3.05) is 29.9 Å². The maximum Gasteiger partial charge on any atom is 0.280 e. The standard InChI is InChI=1S/C19H26ClN9O2/c20-15-17(23)28-16(22)14(27-15)18(31)29-19(24)25-10-2-1-3-11-4-6-12(7-5-11)26-13(30)8-9-21/h4-7H,1-3,8-10,21H2,(H,26,30)(H4,22,23,28)(H3,24,25,29,31). The van der Waals surface area contributed by atoms with E-state index in [1.54, 1.807) is 0 Å². The van der Waals surface area contributed by atoms with Gasteiger partial charge in [0.25, 0.3) is 5.91 Å². The molecule has 2 rings (SSSR count). The lowest BCUT2D eigenvalue weighted by atomic mass is 10.1. The lowest BCUT2D eigenvalue weighted by Crippen LogP contribution is -2.38. The van der Waals surface area contributed by atoms with E-state index >= 15 is 0 Å². The van der Waals surface area contributed by atoms with Crippen molar-refractivity contribution < 1.29 is 9.59 Å². The van der Waals surface area contributed by atoms with E-state index in [1.165, 1.54) is 0 Å². The molecule has 10 N–H and O–H groups in total. The van der Waals surface area contributed by atoms with Crippen LogP contribution in [0.3, 0.4) is 0 Å². The molecule has 0 aliphatic rings. The van der Waals surface area contributed by atoms with Crippen molar-refractivity contribution in [2.24, 2.45) is 16.5 Å². The molecule has 1 aromatic heterocycles. The summed E-state index contributed by atoms with van der Waals surface area (Å²) in [5.74, 6) is -1.06. The van der Waals surface area contributed by atoms with Crippen LogP contribution in [0.25, 0.3) is 0 Å². The Hall–Kier alpha value is -3.44. The number of guanidine groups is 1. The molecule has 0 atom stereocenters. The number of anilines is 3. The minimum atomic E-state index is -0.674. The molecule has 0 radical (unpaired) electrons. The van der Waals surface area contributed by atoms with Gasteiger partial charge in [0.2, 0.25) is 5.91 Å². The third-order valence-corrected chi connectivity index (χ3v) is 4.40. The Balaban J connectivity index is 1.74. The van der Waals surface area contributed by atoms with E-state index in [1.807, 2.05) is 24.3 Å². The van der Waals surface area contributed by atoms with Gasteiger partial charge in [-0.1, -0.05) is 23.7 Å². The van der Waals surface area contributed by atoms with Crippen LogP contribution in [0.1, 0.15) is 35.3 Å². The summed E-state index contributed by atoms with van der Waals surface area (Å²) in [6, 6.07) is 7.62. The first-order valence-electron chi connectivity index (χ1n) is 9.58. The molecule has 0 saturated heterocycles. The summed E-state index contributed by atoms with van der Waals surface area (Å²) >= 11 is 5.76. The van der Waals surface area contributed by atoms with Gasteiger partial charge in [-0.3, -0.25) is 19.9 Å². The molecule has 0 aliphatic carbocycles. The second kappa shape index (κ2) is 11.7. The van der Waals surface area contributed by atoms with Crippen LogP contribution >= 0.6 is 11.6 Å². The lowest BCUT2D eigenvalue weighted by molar-refractivity contribution is -0.116. The topological polar surface area (TPSA) is 200 Å². The average Bonchev–Trinajstić information content (AvgIpc) is 2.71. The lowest BCUT2D eigenvalue weighted by Gasteiger charge is -2.07. The normalized spacial score (nSPS) is 11.2. The number of hydrogen-bond acceptors (Lipinski definition) is 8. The maximum atomic E-state index is 12.2. The number of amides is 2. The largest absolute Gasteiger partial charge is 0.382 e. The molecule has 1 heterocycles. The van der Waals surface area contributed by atoms with Crippen LogP contribution in [-0.4, -0.2) is 40.8 Å². The molecule has 0 unspecified atom stereocenters. The average molecular weight is 448 g/mol. The summed E-state index contributed by atoms with van der Waals surface area (Å²) in [4.78, 5) is 35.3. The van der Waals surface area contributed by atoms with Gasteiger partial charge >= 0.3 is 0 Å². The van der Waals surface area contributed by atoms with Crippen LogP contribution in [0, 0.1) is 0 Å². The molecule has 0 bridgehead atoms. The molecule has 0 fully saturated rings. The van der Waals surface area contributed by atoms with E-state index in [4.69, 9.17) is 34.5 Å². The third kappa shape index (κ3) is 7.72. The van der Waals surface area contributed by atoms with Crippen molar-refractivity contribution in [3.05, 3.63) is 40.7 Å². The fourth-order valence-corrected chi connectivity index (χ4v) is 2.70. The third-order valence-electron chi connectivity index (χ3n) is 4.13. The highest BCUT2D eigenvalue weighted by Crippen LogP contribution is 2.17. The van der Waals surface area contributed by atoms with Gasteiger partial charge in [-0.2, -0.15) is 0 Å². The Kier molecular flexibility index (Phi) is 8.97. The zero-order chi connectivity index (χ0) is 22.8. The first-order chi connectivity index (χ1) is 14.8. The summed E-state index contributed by atoms with van der Waals surface area (Å²) in [6.45, 7) is 0.751. The molecular weight excluding hydrogens is 422 g/mol. The van der Waals surface area contributed by atoms with Gasteiger partial charge in [-0.15, -0.1) is 0 Å². The number of nitrogens with two attached hydrogens (primary N) is 4. The minimum Gasteiger partial charge on any atom is -0.382 e. The highest BCUT2D eigenvalue weighted by molar-refractivity contribution is 6.31. The van der Waals surface area contributed by atoms with Gasteiger partial charge in [0.1, 0.15) is 0 Å². The SMILES string of the molecule is NCCC(=O)Nc1ccc(CCCCN=C(N)NC(=O)c2nc(Cl)c(N)nc2N)cc1. The summed E-state index contributed by atoms with van der Waals surface area (Å²) in [5.41, 5.74) is 23.9. The highest BCUT2D eigenvalue weighted by Gasteiger charge is 2.16. The van der Waals surface area contributed by atoms with Crippen molar-refractivity contribution in [2.45, 2.75) is 25.7 Å². The molecular formula is C19H26ClN9O2. The van der Waals surface area contributed by atoms with Gasteiger partial charge in [-0.25, -0.2) is 9.97 Å². The minimum absolute atomic E-state index is 0.0586. The molecule has 11 nitrogen and oxygen atoms in total. The number of hydrogen-bond donors (Lipinski definition) is 6. The molecule has 1 aromatic carbocycles. The number of aryl methyl sites for hydroxylation is 1. The zero-order valence-corrected chi connectivity index (χ0v) is 17.7. The maximum absolute atomic E-state index is 12.2. The Bertz CT molecular complexity index is 948. The second-order valence-electron chi connectivity index (χ2n) is 6.60. The van der Waals surface area contributed by atoms with Crippen molar-refractivity contribution in [1.82, 2.24) is 15.3 Å². The van der Waals surface area contributed by atoms with Gasteiger partial charge in [0.05, 0.1) is 0 Å². The van der Waals surface area contributed by atoms with Gasteiger partial charge in [-0.05, 0) is 37.0 Å². The summed E-state index contributed by atoms with van der Waals surface area (Å²) in [7, 11) is 0. The molecule has 12 heteroatoms. The van der Waals surface area contributed by atoms with Crippen molar-refractivity contribution in [1.29, 1.82) is 0 Å². The Morgan fingerprint density at radius 2 is 1.77 bits per heavy atom. The van der Waals surface area contributed by atoms with E-state index in [-0.39, 0.29) is 34.3 Å². The number of unbranched alkanes of at least 4 members (excludes halogenated alkanes) is 1. The van der Waals surface area contributed by atoms with E-state index in [2.05, 4.69) is 25.6 Å². The van der Waals surface area contributed by atoms with Crippen LogP contribution in [0.15, 0.2) is 29.3 Å². The fraction of sp³-hybridized carbons (Fsp3) is 0.316. The molecule has 2 aromatic rings. The van der Waals surface area contributed by atoms with E-state index in [9.17, 15) is 9.59 Å². The number of aromatic nitrogens is 2. The van der Waals surface area contributed by atoms with Crippen LogP contribution < -0.4 is 33.6 Å². The summed E-state index contributed by atoms with van der Waals surface area (Å²) in [6.07, 6.45) is 2.77. The monoisotopic (exact) mass is 447 g/mol. The molecule has 2 amide bonds. The first kappa shape index (κ1) is 23.8. The second-order valence-corrected chi connectivity index (χ2v) is 6.95. The first-order valence-corrected chi connectivity index (χ1v) is 9.96. The predicted octanol–water partition coefficient (Wildman–Crippen LogP) is 0.649. The summed E-state index contributed by atoms with van der Waals surface area (Å²) < 4.78 is 0. The molecule has 31 heavy (non-hydrogen) atoms. The number of carbonyl (C=O) groups is 2. The molecule has 166 valence electrons. The number of benzene rings is 1. The molecule has 0 aliphatic heterocycles. The number of nitrogens with one attached hydrogen (secondary N) is 2. The van der Waals surface area contributed by atoms with Crippen LogP contribution in [-0.2, 0) is 11.2 Å². The van der Waals surface area contributed by atoms with Crippen molar-refractivity contribution in [3.8, 4) is 0 Å². The van der Waals surface area contributed by atoms with Crippen LogP contribution in [0.5, 0.6) is 0 Å². The van der Waals surface area contributed by atoms with Crippen molar-refractivity contribution in [3.63, 3.8) is 0 Å². The number of nitrogen functional groups attached to an aromatic ring is 2.